The van der Waals surface area contributed by atoms with Crippen LogP contribution in [0.25, 0.3) is 0 Å². The molecule has 0 aliphatic rings. The standard InChI is InChI=1S/C20H16F4N4O/c21-18-16(20(22,23)24)8-5-9-17(18)27-19(29)28(12-14-6-1-3-10-25-14)13-15-7-2-4-11-26-15/h1-11H,12-13H2,(H,27,29). The zero-order valence-corrected chi connectivity index (χ0v) is 15.0. The van der Waals surface area contributed by atoms with Crippen LogP contribution in [0.15, 0.2) is 67.0 Å². The van der Waals surface area contributed by atoms with Gasteiger partial charge in [-0.05, 0) is 36.4 Å². The number of aromatic nitrogens is 2. The number of carbonyl (C=O) groups excluding carboxylic acids is 1. The van der Waals surface area contributed by atoms with Gasteiger partial charge < -0.3 is 10.2 Å². The first-order chi connectivity index (χ1) is 13.8. The number of urea groups is 1. The first kappa shape index (κ1) is 20.2. The number of pyridine rings is 2. The zero-order valence-electron chi connectivity index (χ0n) is 15.0. The molecule has 0 radical (unpaired) electrons. The summed E-state index contributed by atoms with van der Waals surface area (Å²) in [6.07, 6.45) is -1.76. The van der Waals surface area contributed by atoms with Gasteiger partial charge in [-0.25, -0.2) is 9.18 Å². The molecule has 1 N–H and O–H groups in total. The number of nitrogens with zero attached hydrogens (tertiary/aromatic N) is 3. The van der Waals surface area contributed by atoms with Crippen molar-refractivity contribution in [3.05, 3.63) is 89.8 Å². The van der Waals surface area contributed by atoms with Gasteiger partial charge in [0.15, 0.2) is 5.82 Å². The second kappa shape index (κ2) is 8.68. The minimum atomic E-state index is -4.87. The van der Waals surface area contributed by atoms with E-state index in [9.17, 15) is 22.4 Å². The predicted octanol–water partition coefficient (Wildman–Crippen LogP) is 4.87. The van der Waals surface area contributed by atoms with E-state index in [1.165, 1.54) is 4.90 Å². The van der Waals surface area contributed by atoms with E-state index in [-0.39, 0.29) is 13.1 Å². The van der Waals surface area contributed by atoms with Gasteiger partial charge in [0, 0.05) is 12.4 Å². The molecule has 3 rings (SSSR count). The number of anilines is 1. The fourth-order valence-corrected chi connectivity index (χ4v) is 2.62. The number of benzene rings is 1. The maximum Gasteiger partial charge on any atom is 0.419 e. The molecule has 0 fully saturated rings. The van der Waals surface area contributed by atoms with Gasteiger partial charge in [0.2, 0.25) is 0 Å². The lowest BCUT2D eigenvalue weighted by molar-refractivity contribution is -0.139. The molecular formula is C20H16F4N4O. The van der Waals surface area contributed by atoms with Gasteiger partial charge in [0.25, 0.3) is 0 Å². The van der Waals surface area contributed by atoms with Crippen LogP contribution in [0.3, 0.4) is 0 Å². The smallest absolute Gasteiger partial charge is 0.313 e. The highest BCUT2D eigenvalue weighted by Crippen LogP contribution is 2.34. The van der Waals surface area contributed by atoms with E-state index >= 15 is 0 Å². The number of nitrogens with one attached hydrogen (secondary N) is 1. The first-order valence-electron chi connectivity index (χ1n) is 8.56. The molecule has 0 aliphatic heterocycles. The van der Waals surface area contributed by atoms with Crippen LogP contribution in [-0.4, -0.2) is 20.9 Å². The van der Waals surface area contributed by atoms with Gasteiger partial charge in [-0.1, -0.05) is 18.2 Å². The summed E-state index contributed by atoms with van der Waals surface area (Å²) in [4.78, 5) is 22.3. The average Bonchev–Trinajstić information content (AvgIpc) is 2.70. The molecule has 29 heavy (non-hydrogen) atoms. The van der Waals surface area contributed by atoms with Crippen LogP contribution in [0.2, 0.25) is 0 Å². The second-order valence-electron chi connectivity index (χ2n) is 6.09. The second-order valence-corrected chi connectivity index (χ2v) is 6.09. The number of carbonyl (C=O) groups is 1. The SMILES string of the molecule is O=C(Nc1cccc(C(F)(F)F)c1F)N(Cc1ccccn1)Cc1ccccn1. The zero-order chi connectivity index (χ0) is 20.9. The fourth-order valence-electron chi connectivity index (χ4n) is 2.62. The van der Waals surface area contributed by atoms with E-state index in [1.807, 2.05) is 0 Å². The van der Waals surface area contributed by atoms with Crippen molar-refractivity contribution in [2.45, 2.75) is 19.3 Å². The van der Waals surface area contributed by atoms with Crippen molar-refractivity contribution in [2.75, 3.05) is 5.32 Å². The molecule has 3 aromatic rings. The normalized spacial score (nSPS) is 11.2. The molecule has 5 nitrogen and oxygen atoms in total. The summed E-state index contributed by atoms with van der Waals surface area (Å²) in [7, 11) is 0. The molecule has 2 amide bonds. The lowest BCUT2D eigenvalue weighted by atomic mass is 10.1. The number of amides is 2. The molecular weight excluding hydrogens is 388 g/mol. The predicted molar refractivity (Wildman–Crippen MR) is 98.1 cm³/mol. The third-order valence-electron chi connectivity index (χ3n) is 3.99. The van der Waals surface area contributed by atoms with Crippen molar-refractivity contribution < 1.29 is 22.4 Å². The molecule has 2 aromatic heterocycles. The Balaban J connectivity index is 1.85. The summed E-state index contributed by atoms with van der Waals surface area (Å²) in [6, 6.07) is 12.2. The van der Waals surface area contributed by atoms with Gasteiger partial charge in [-0.15, -0.1) is 0 Å². The average molecular weight is 404 g/mol. The molecule has 150 valence electrons. The molecule has 0 saturated carbocycles. The Morgan fingerprint density at radius 3 is 1.97 bits per heavy atom. The molecule has 0 spiro atoms. The van der Waals surface area contributed by atoms with Crippen LogP contribution in [-0.2, 0) is 19.3 Å². The molecule has 2 heterocycles. The van der Waals surface area contributed by atoms with Gasteiger partial charge in [-0.3, -0.25) is 9.97 Å². The number of hydrogen-bond donors (Lipinski definition) is 1. The largest absolute Gasteiger partial charge is 0.419 e. The molecule has 0 saturated heterocycles. The summed E-state index contributed by atoms with van der Waals surface area (Å²) < 4.78 is 53.0. The van der Waals surface area contributed by atoms with Crippen LogP contribution >= 0.6 is 0 Å². The van der Waals surface area contributed by atoms with E-state index < -0.39 is 29.3 Å². The van der Waals surface area contributed by atoms with Gasteiger partial charge in [0.05, 0.1) is 35.7 Å². The number of halogens is 4. The van der Waals surface area contributed by atoms with Crippen LogP contribution in [0.1, 0.15) is 17.0 Å². The van der Waals surface area contributed by atoms with E-state index in [1.54, 1.807) is 48.8 Å². The van der Waals surface area contributed by atoms with Crippen molar-refractivity contribution >= 4 is 11.7 Å². The van der Waals surface area contributed by atoms with Crippen LogP contribution in [0, 0.1) is 5.82 Å². The molecule has 1 aromatic carbocycles. The van der Waals surface area contributed by atoms with Gasteiger partial charge >= 0.3 is 12.2 Å². The molecule has 0 aliphatic carbocycles. The van der Waals surface area contributed by atoms with E-state index in [2.05, 4.69) is 15.3 Å². The Bertz CT molecular complexity index is 924. The van der Waals surface area contributed by atoms with E-state index in [0.29, 0.717) is 17.5 Å². The molecule has 0 bridgehead atoms. The van der Waals surface area contributed by atoms with Crippen molar-refractivity contribution in [2.24, 2.45) is 0 Å². The topological polar surface area (TPSA) is 58.1 Å². The number of hydrogen-bond acceptors (Lipinski definition) is 3. The van der Waals surface area contributed by atoms with Crippen LogP contribution in [0.5, 0.6) is 0 Å². The van der Waals surface area contributed by atoms with Crippen molar-refractivity contribution in [3.63, 3.8) is 0 Å². The lowest BCUT2D eigenvalue weighted by Gasteiger charge is -2.23. The monoisotopic (exact) mass is 404 g/mol. The Morgan fingerprint density at radius 2 is 1.48 bits per heavy atom. The van der Waals surface area contributed by atoms with E-state index in [0.717, 1.165) is 12.1 Å². The minimum absolute atomic E-state index is 0.0594. The molecule has 9 heteroatoms. The third kappa shape index (κ3) is 5.28. The summed E-state index contributed by atoms with van der Waals surface area (Å²) >= 11 is 0. The highest BCUT2D eigenvalue weighted by Gasteiger charge is 2.35. The van der Waals surface area contributed by atoms with Crippen molar-refractivity contribution in [3.8, 4) is 0 Å². The maximum atomic E-state index is 14.3. The van der Waals surface area contributed by atoms with Crippen molar-refractivity contribution in [1.82, 2.24) is 14.9 Å². The summed E-state index contributed by atoms with van der Waals surface area (Å²) in [5.41, 5.74) is -0.889. The Labute approximate surface area is 164 Å². The highest BCUT2D eigenvalue weighted by molar-refractivity contribution is 5.89. The fraction of sp³-hybridized carbons (Fsp3) is 0.150. The maximum absolute atomic E-state index is 14.3. The Hall–Kier alpha value is -3.49. The Morgan fingerprint density at radius 1 is 0.897 bits per heavy atom. The minimum Gasteiger partial charge on any atom is -0.313 e. The lowest BCUT2D eigenvalue weighted by Crippen LogP contribution is -2.35. The quantitative estimate of drug-likeness (QED) is 0.618. The summed E-state index contributed by atoms with van der Waals surface area (Å²) in [6.45, 7) is 0.119. The van der Waals surface area contributed by atoms with Gasteiger partial charge in [0.1, 0.15) is 0 Å². The van der Waals surface area contributed by atoms with Crippen LogP contribution in [0.4, 0.5) is 28.0 Å². The van der Waals surface area contributed by atoms with Crippen LogP contribution < -0.4 is 5.32 Å². The first-order valence-corrected chi connectivity index (χ1v) is 8.56. The highest BCUT2D eigenvalue weighted by atomic mass is 19.4. The van der Waals surface area contributed by atoms with Crippen molar-refractivity contribution in [1.29, 1.82) is 0 Å². The Kier molecular flexibility index (Phi) is 6.06. The van der Waals surface area contributed by atoms with Gasteiger partial charge in [-0.2, -0.15) is 13.2 Å². The number of alkyl halides is 3. The number of rotatable bonds is 5. The summed E-state index contributed by atoms with van der Waals surface area (Å²) in [5.74, 6) is -1.54. The molecule has 0 unspecified atom stereocenters. The van der Waals surface area contributed by atoms with E-state index in [4.69, 9.17) is 0 Å². The summed E-state index contributed by atoms with van der Waals surface area (Å²) in [5, 5.41) is 2.22. The molecule has 0 atom stereocenters. The third-order valence-corrected chi connectivity index (χ3v) is 3.99.